The molecule has 1 aromatic rings. The summed E-state index contributed by atoms with van der Waals surface area (Å²) in [6.45, 7) is 3.58. The topological polar surface area (TPSA) is 26.3 Å². The van der Waals surface area contributed by atoms with E-state index in [1.54, 1.807) is 24.3 Å². The van der Waals surface area contributed by atoms with Crippen molar-refractivity contribution in [3.05, 3.63) is 47.5 Å². The largest absolute Gasteiger partial charge is 0.460 e. The lowest BCUT2D eigenvalue weighted by molar-refractivity contribution is -0.142. The van der Waals surface area contributed by atoms with Crippen LogP contribution in [0.2, 0.25) is 5.02 Å². The van der Waals surface area contributed by atoms with Gasteiger partial charge in [0, 0.05) is 5.02 Å². The molecule has 0 N–H and O–H groups in total. The minimum atomic E-state index is -0.876. The fraction of sp³-hybridized carbons (Fsp3) is 0.182. The third-order valence-electron chi connectivity index (χ3n) is 1.73. The summed E-state index contributed by atoms with van der Waals surface area (Å²) in [5, 5.41) is -0.424. The molecular weight excluding hydrogens is 235 g/mol. The van der Waals surface area contributed by atoms with E-state index >= 15 is 0 Å². The summed E-state index contributed by atoms with van der Waals surface area (Å²) in [5.41, 5.74) is 0.551. The first kappa shape index (κ1) is 12.1. The number of carbonyl (C=O) groups is 1. The number of esters is 1. The molecule has 1 rings (SSSR count). The molecule has 15 heavy (non-hydrogen) atoms. The van der Waals surface area contributed by atoms with Crippen LogP contribution in [0, 0.1) is 0 Å². The van der Waals surface area contributed by atoms with Crippen molar-refractivity contribution in [1.29, 1.82) is 0 Å². The highest BCUT2D eigenvalue weighted by Crippen LogP contribution is 2.28. The van der Waals surface area contributed by atoms with E-state index in [4.69, 9.17) is 27.9 Å². The van der Waals surface area contributed by atoms with Gasteiger partial charge in [0.1, 0.15) is 6.61 Å². The Morgan fingerprint density at radius 3 is 2.80 bits per heavy atom. The maximum absolute atomic E-state index is 11.4. The molecule has 0 aliphatic heterocycles. The van der Waals surface area contributed by atoms with Crippen LogP contribution in [-0.4, -0.2) is 12.6 Å². The Hall–Kier alpha value is -0.990. The summed E-state index contributed by atoms with van der Waals surface area (Å²) in [6.07, 6.45) is 1.48. The van der Waals surface area contributed by atoms with E-state index in [1.807, 2.05) is 0 Å². The highest BCUT2D eigenvalue weighted by molar-refractivity contribution is 6.35. The van der Waals surface area contributed by atoms with Gasteiger partial charge in [0.25, 0.3) is 0 Å². The van der Waals surface area contributed by atoms with E-state index in [9.17, 15) is 4.79 Å². The minimum absolute atomic E-state index is 0.145. The van der Waals surface area contributed by atoms with E-state index in [0.717, 1.165) is 0 Å². The lowest BCUT2D eigenvalue weighted by atomic mass is 10.1. The molecule has 0 aromatic heterocycles. The molecule has 0 heterocycles. The Bertz CT molecular complexity index is 363. The van der Waals surface area contributed by atoms with Crippen LogP contribution >= 0.6 is 23.2 Å². The Morgan fingerprint density at radius 2 is 2.20 bits per heavy atom. The lowest BCUT2D eigenvalue weighted by Crippen LogP contribution is -2.11. The van der Waals surface area contributed by atoms with Crippen molar-refractivity contribution in [2.75, 3.05) is 6.61 Å². The number of halogens is 2. The van der Waals surface area contributed by atoms with Gasteiger partial charge < -0.3 is 4.74 Å². The fourth-order valence-corrected chi connectivity index (χ4v) is 1.58. The molecule has 1 aromatic carbocycles. The maximum atomic E-state index is 11.4. The average Bonchev–Trinajstić information content (AvgIpc) is 2.25. The van der Waals surface area contributed by atoms with Crippen LogP contribution in [-0.2, 0) is 9.53 Å². The van der Waals surface area contributed by atoms with Crippen molar-refractivity contribution >= 4 is 29.2 Å². The van der Waals surface area contributed by atoms with Crippen LogP contribution in [0.15, 0.2) is 36.9 Å². The zero-order valence-corrected chi connectivity index (χ0v) is 9.46. The van der Waals surface area contributed by atoms with Crippen molar-refractivity contribution in [2.24, 2.45) is 0 Å². The lowest BCUT2D eigenvalue weighted by Gasteiger charge is -2.10. The molecule has 0 aliphatic carbocycles. The standard InChI is InChI=1S/C11H10Cl2O2/c1-2-7-15-11(14)10(13)8-5-3-4-6-9(8)12/h2-6,10H,1,7H2. The van der Waals surface area contributed by atoms with E-state index in [0.29, 0.717) is 10.6 Å². The number of ether oxygens (including phenoxy) is 1. The number of alkyl halides is 1. The van der Waals surface area contributed by atoms with Gasteiger partial charge in [0.2, 0.25) is 0 Å². The van der Waals surface area contributed by atoms with E-state index in [2.05, 4.69) is 6.58 Å². The third-order valence-corrected chi connectivity index (χ3v) is 2.49. The second-order valence-corrected chi connectivity index (χ2v) is 3.65. The predicted octanol–water partition coefficient (Wildman–Crippen LogP) is 3.35. The molecule has 0 aliphatic rings. The normalized spacial score (nSPS) is 11.9. The first-order valence-electron chi connectivity index (χ1n) is 4.33. The zero-order chi connectivity index (χ0) is 11.3. The Labute approximate surface area is 98.4 Å². The predicted molar refractivity (Wildman–Crippen MR) is 61.2 cm³/mol. The smallest absolute Gasteiger partial charge is 0.329 e. The summed E-state index contributed by atoms with van der Waals surface area (Å²) in [6, 6.07) is 6.89. The van der Waals surface area contributed by atoms with Gasteiger partial charge in [-0.05, 0) is 11.6 Å². The Morgan fingerprint density at radius 1 is 1.53 bits per heavy atom. The minimum Gasteiger partial charge on any atom is -0.460 e. The van der Waals surface area contributed by atoms with E-state index in [1.165, 1.54) is 6.08 Å². The number of rotatable bonds is 4. The van der Waals surface area contributed by atoms with E-state index < -0.39 is 11.3 Å². The van der Waals surface area contributed by atoms with Gasteiger partial charge in [0.05, 0.1) is 0 Å². The van der Waals surface area contributed by atoms with Gasteiger partial charge in [0.15, 0.2) is 5.38 Å². The van der Waals surface area contributed by atoms with Crippen molar-refractivity contribution in [3.8, 4) is 0 Å². The monoisotopic (exact) mass is 244 g/mol. The van der Waals surface area contributed by atoms with Crippen LogP contribution in [0.25, 0.3) is 0 Å². The molecule has 0 saturated heterocycles. The quantitative estimate of drug-likeness (QED) is 0.462. The van der Waals surface area contributed by atoms with Crippen LogP contribution in [0.1, 0.15) is 10.9 Å². The number of carbonyl (C=O) groups excluding carboxylic acids is 1. The SMILES string of the molecule is C=CCOC(=O)C(Cl)c1ccccc1Cl. The van der Waals surface area contributed by atoms with E-state index in [-0.39, 0.29) is 6.61 Å². The first-order valence-corrected chi connectivity index (χ1v) is 5.14. The summed E-state index contributed by atoms with van der Waals surface area (Å²) < 4.78 is 4.81. The summed E-state index contributed by atoms with van der Waals surface area (Å²) in [5.74, 6) is -0.523. The number of hydrogen-bond acceptors (Lipinski definition) is 2. The molecule has 1 atom stereocenters. The van der Waals surface area contributed by atoms with Gasteiger partial charge in [-0.15, -0.1) is 11.6 Å². The molecule has 80 valence electrons. The zero-order valence-electron chi connectivity index (χ0n) is 7.95. The molecule has 2 nitrogen and oxygen atoms in total. The van der Waals surface area contributed by atoms with Gasteiger partial charge >= 0.3 is 5.97 Å². The number of benzene rings is 1. The molecule has 1 unspecified atom stereocenters. The Kier molecular flexibility index (Phi) is 4.66. The molecular formula is C11H10Cl2O2. The van der Waals surface area contributed by atoms with Crippen LogP contribution < -0.4 is 0 Å². The first-order chi connectivity index (χ1) is 7.16. The third kappa shape index (κ3) is 3.26. The maximum Gasteiger partial charge on any atom is 0.329 e. The van der Waals surface area contributed by atoms with Gasteiger partial charge in [-0.1, -0.05) is 42.5 Å². The highest BCUT2D eigenvalue weighted by atomic mass is 35.5. The molecule has 0 fully saturated rings. The van der Waals surface area contributed by atoms with Crippen molar-refractivity contribution in [3.63, 3.8) is 0 Å². The summed E-state index contributed by atoms with van der Waals surface area (Å²) in [4.78, 5) is 11.4. The molecule has 0 amide bonds. The second-order valence-electron chi connectivity index (χ2n) is 2.80. The van der Waals surface area contributed by atoms with Crippen LogP contribution in [0.3, 0.4) is 0 Å². The second kappa shape index (κ2) is 5.79. The molecule has 0 saturated carbocycles. The Balaban J connectivity index is 2.76. The highest BCUT2D eigenvalue weighted by Gasteiger charge is 2.20. The van der Waals surface area contributed by atoms with Crippen molar-refractivity contribution < 1.29 is 9.53 Å². The fourth-order valence-electron chi connectivity index (χ4n) is 1.02. The van der Waals surface area contributed by atoms with Crippen molar-refractivity contribution in [2.45, 2.75) is 5.38 Å². The molecule has 0 spiro atoms. The molecule has 0 bridgehead atoms. The average molecular weight is 245 g/mol. The van der Waals surface area contributed by atoms with Crippen molar-refractivity contribution in [1.82, 2.24) is 0 Å². The van der Waals surface area contributed by atoms with Gasteiger partial charge in [-0.3, -0.25) is 4.79 Å². The molecule has 4 heteroatoms. The summed E-state index contributed by atoms with van der Waals surface area (Å²) in [7, 11) is 0. The van der Waals surface area contributed by atoms with Gasteiger partial charge in [-0.2, -0.15) is 0 Å². The van der Waals surface area contributed by atoms with Gasteiger partial charge in [-0.25, -0.2) is 0 Å². The summed E-state index contributed by atoms with van der Waals surface area (Å²) >= 11 is 11.8. The van der Waals surface area contributed by atoms with Crippen LogP contribution in [0.4, 0.5) is 0 Å². The number of hydrogen-bond donors (Lipinski definition) is 0. The molecule has 0 radical (unpaired) electrons. The van der Waals surface area contributed by atoms with Crippen LogP contribution in [0.5, 0.6) is 0 Å².